The van der Waals surface area contributed by atoms with Gasteiger partial charge in [0.2, 0.25) is 21.2 Å². The number of hydrogen-bond acceptors (Lipinski definition) is 5. The third-order valence-corrected chi connectivity index (χ3v) is 7.38. The van der Waals surface area contributed by atoms with Gasteiger partial charge < -0.3 is 14.6 Å². The van der Waals surface area contributed by atoms with Crippen molar-refractivity contribution in [1.29, 1.82) is 0 Å². The third-order valence-electron chi connectivity index (χ3n) is 5.62. The Morgan fingerprint density at radius 3 is 2.34 bits per heavy atom. The van der Waals surface area contributed by atoms with Crippen LogP contribution in [0.2, 0.25) is 0 Å². The molecule has 1 amide bonds. The van der Waals surface area contributed by atoms with Gasteiger partial charge in [-0.05, 0) is 72.6 Å². The molecule has 0 aliphatic carbocycles. The van der Waals surface area contributed by atoms with Crippen molar-refractivity contribution in [3.05, 3.63) is 94.5 Å². The Balaban J connectivity index is 1.82. The van der Waals surface area contributed by atoms with Crippen molar-refractivity contribution in [2.75, 3.05) is 12.4 Å². The summed E-state index contributed by atoms with van der Waals surface area (Å²) in [6.07, 6.45) is 1.84. The average molecular weight is 495 g/mol. The zero-order chi connectivity index (χ0) is 25.2. The molecule has 0 aliphatic rings. The van der Waals surface area contributed by atoms with Gasteiger partial charge in [0.05, 0.1) is 17.5 Å². The van der Waals surface area contributed by atoms with Crippen molar-refractivity contribution in [2.45, 2.75) is 29.7 Å². The highest BCUT2D eigenvalue weighted by Gasteiger charge is 2.24. The summed E-state index contributed by atoms with van der Waals surface area (Å²) in [6, 6.07) is 16.2. The fourth-order valence-electron chi connectivity index (χ4n) is 3.73. The van der Waals surface area contributed by atoms with Gasteiger partial charge in [0, 0.05) is 17.3 Å². The lowest BCUT2D eigenvalue weighted by Crippen LogP contribution is -2.24. The zero-order valence-electron chi connectivity index (χ0n) is 19.1. The van der Waals surface area contributed by atoms with Gasteiger partial charge in [-0.15, -0.1) is 0 Å². The quantitative estimate of drug-likeness (QED) is 0.416. The van der Waals surface area contributed by atoms with Crippen molar-refractivity contribution in [3.63, 3.8) is 0 Å². The monoisotopic (exact) mass is 494 g/mol. The van der Waals surface area contributed by atoms with E-state index in [4.69, 9.17) is 4.74 Å². The lowest BCUT2D eigenvalue weighted by Gasteiger charge is -2.15. The molecule has 0 spiro atoms. The number of halogens is 1. The van der Waals surface area contributed by atoms with E-state index < -0.39 is 31.9 Å². The summed E-state index contributed by atoms with van der Waals surface area (Å²) in [4.78, 5) is 25.6. The number of methoxy groups -OCH3 is 1. The summed E-state index contributed by atoms with van der Waals surface area (Å²) in [6.45, 7) is 1.67. The number of carbonyl (C=O) groups is 1. The van der Waals surface area contributed by atoms with E-state index in [-0.39, 0.29) is 16.8 Å². The number of amides is 1. The largest absolute Gasteiger partial charge is 0.497 e. The number of pyridine rings is 1. The van der Waals surface area contributed by atoms with Gasteiger partial charge >= 0.3 is 0 Å². The molecule has 4 aromatic rings. The number of sulfone groups is 1. The molecule has 0 aliphatic heterocycles. The van der Waals surface area contributed by atoms with Crippen LogP contribution in [0.4, 0.5) is 10.1 Å². The molecule has 0 bridgehead atoms. The van der Waals surface area contributed by atoms with Crippen LogP contribution in [0.15, 0.2) is 87.5 Å². The second kappa shape index (κ2) is 9.71. The molecule has 1 N–H and O–H groups in total. The maximum Gasteiger partial charge on any atom is 0.244 e. The molecule has 35 heavy (non-hydrogen) atoms. The molecule has 180 valence electrons. The lowest BCUT2D eigenvalue weighted by atomic mass is 10.1. The summed E-state index contributed by atoms with van der Waals surface area (Å²) < 4.78 is 46.5. The number of aryl methyl sites for hydroxylation is 1. The first-order chi connectivity index (χ1) is 16.7. The first-order valence-corrected chi connectivity index (χ1v) is 12.3. The highest BCUT2D eigenvalue weighted by Crippen LogP contribution is 2.24. The Morgan fingerprint density at radius 1 is 1.03 bits per heavy atom. The van der Waals surface area contributed by atoms with E-state index in [1.54, 1.807) is 12.1 Å². The van der Waals surface area contributed by atoms with Crippen LogP contribution in [0.3, 0.4) is 0 Å². The molecule has 1 heterocycles. The molecule has 0 saturated heterocycles. The minimum atomic E-state index is -4.19. The normalized spacial score (nSPS) is 11.4. The summed E-state index contributed by atoms with van der Waals surface area (Å²) in [5.74, 6) is -0.423. The van der Waals surface area contributed by atoms with Gasteiger partial charge in [-0.1, -0.05) is 13.0 Å². The van der Waals surface area contributed by atoms with Gasteiger partial charge in [-0.2, -0.15) is 0 Å². The van der Waals surface area contributed by atoms with E-state index in [2.05, 4.69) is 5.32 Å². The van der Waals surface area contributed by atoms with Gasteiger partial charge in [0.15, 0.2) is 0 Å². The number of aromatic nitrogens is 1. The summed E-state index contributed by atoms with van der Waals surface area (Å²) in [5.41, 5.74) is 1.04. The number of benzene rings is 3. The van der Waals surface area contributed by atoms with E-state index in [0.717, 1.165) is 5.56 Å². The highest BCUT2D eigenvalue weighted by atomic mass is 32.2. The van der Waals surface area contributed by atoms with Crippen molar-refractivity contribution >= 4 is 32.3 Å². The van der Waals surface area contributed by atoms with Gasteiger partial charge in [-0.25, -0.2) is 12.8 Å². The Labute approximate surface area is 201 Å². The van der Waals surface area contributed by atoms with E-state index >= 15 is 0 Å². The van der Waals surface area contributed by atoms with Gasteiger partial charge in [0.1, 0.15) is 23.0 Å². The molecule has 0 radical (unpaired) electrons. The Bertz CT molecular complexity index is 1560. The van der Waals surface area contributed by atoms with Crippen molar-refractivity contribution < 1.29 is 22.3 Å². The maximum atomic E-state index is 13.4. The molecule has 0 atom stereocenters. The number of carbonyl (C=O) groups excluding carboxylic acids is 1. The van der Waals surface area contributed by atoms with Gasteiger partial charge in [-0.3, -0.25) is 9.59 Å². The minimum absolute atomic E-state index is 0.0660. The average Bonchev–Trinajstić information content (AvgIpc) is 2.86. The predicted octanol–water partition coefficient (Wildman–Crippen LogP) is 4.18. The number of nitrogens with zero attached hydrogens (tertiary/aromatic N) is 1. The molecular weight excluding hydrogens is 471 g/mol. The van der Waals surface area contributed by atoms with E-state index in [9.17, 15) is 22.4 Å². The van der Waals surface area contributed by atoms with E-state index in [0.29, 0.717) is 23.4 Å². The first-order valence-electron chi connectivity index (χ1n) is 10.8. The number of fused-ring (bicyclic) bond motifs is 1. The number of hydrogen-bond donors (Lipinski definition) is 1. The standard InChI is InChI=1S/C26H23FN2O5S/c1-3-17-4-13-23-22(14-17)26(31)24(35(32,33)21-11-9-20(34-2)10-12-21)15-29(23)16-25(30)28-19-7-5-18(27)6-8-19/h4-15H,3,16H2,1-2H3,(H,28,30). The Hall–Kier alpha value is -3.98. The molecule has 0 unspecified atom stereocenters. The van der Waals surface area contributed by atoms with Crippen LogP contribution in [-0.2, 0) is 27.6 Å². The summed E-state index contributed by atoms with van der Waals surface area (Å²) >= 11 is 0. The number of ether oxygens (including phenoxy) is 1. The van der Waals surface area contributed by atoms with Crippen molar-refractivity contribution in [1.82, 2.24) is 4.57 Å². The van der Waals surface area contributed by atoms with Crippen LogP contribution in [0.5, 0.6) is 5.75 Å². The molecular formula is C26H23FN2O5S. The first kappa shape index (κ1) is 24.2. The molecule has 1 aromatic heterocycles. The number of nitrogens with one attached hydrogen (secondary N) is 1. The second-order valence-corrected chi connectivity index (χ2v) is 9.81. The van der Waals surface area contributed by atoms with Gasteiger partial charge in [0.25, 0.3) is 0 Å². The Morgan fingerprint density at radius 2 is 1.71 bits per heavy atom. The van der Waals surface area contributed by atoms with Crippen LogP contribution >= 0.6 is 0 Å². The lowest BCUT2D eigenvalue weighted by molar-refractivity contribution is -0.116. The molecule has 3 aromatic carbocycles. The minimum Gasteiger partial charge on any atom is -0.497 e. The van der Waals surface area contributed by atoms with Crippen molar-refractivity contribution in [2.24, 2.45) is 0 Å². The van der Waals surface area contributed by atoms with Crippen LogP contribution in [0.1, 0.15) is 12.5 Å². The highest BCUT2D eigenvalue weighted by molar-refractivity contribution is 7.91. The SMILES string of the molecule is CCc1ccc2c(c1)c(=O)c(S(=O)(=O)c1ccc(OC)cc1)cn2CC(=O)Nc1ccc(F)cc1. The number of anilines is 1. The zero-order valence-corrected chi connectivity index (χ0v) is 19.9. The topological polar surface area (TPSA) is 94.5 Å². The Kier molecular flexibility index (Phi) is 6.70. The third kappa shape index (κ3) is 4.95. The fourth-order valence-corrected chi connectivity index (χ4v) is 5.10. The molecule has 4 rings (SSSR count). The second-order valence-electron chi connectivity index (χ2n) is 7.89. The molecule has 9 heteroatoms. The predicted molar refractivity (Wildman–Crippen MR) is 131 cm³/mol. The maximum absolute atomic E-state index is 13.4. The molecule has 0 saturated carbocycles. The number of rotatable bonds is 7. The van der Waals surface area contributed by atoms with E-state index in [1.165, 1.54) is 66.4 Å². The fraction of sp³-hybridized carbons (Fsp3) is 0.154. The van der Waals surface area contributed by atoms with Crippen LogP contribution < -0.4 is 15.5 Å². The van der Waals surface area contributed by atoms with Crippen LogP contribution in [0.25, 0.3) is 10.9 Å². The van der Waals surface area contributed by atoms with E-state index in [1.807, 2.05) is 13.0 Å². The van der Waals surface area contributed by atoms with Crippen molar-refractivity contribution in [3.8, 4) is 5.75 Å². The molecule has 7 nitrogen and oxygen atoms in total. The molecule has 0 fully saturated rings. The van der Waals surface area contributed by atoms with Crippen LogP contribution in [0, 0.1) is 5.82 Å². The summed E-state index contributed by atoms with van der Waals surface area (Å²) in [7, 11) is -2.72. The summed E-state index contributed by atoms with van der Waals surface area (Å²) in [5, 5.41) is 2.86. The smallest absolute Gasteiger partial charge is 0.244 e. The van der Waals surface area contributed by atoms with Crippen LogP contribution in [-0.4, -0.2) is 26.0 Å².